The van der Waals surface area contributed by atoms with Crippen molar-refractivity contribution >= 4 is 11.8 Å². The first kappa shape index (κ1) is 21.1. The van der Waals surface area contributed by atoms with Gasteiger partial charge in [0.1, 0.15) is 5.75 Å². The molecule has 0 aliphatic rings. The second-order valence-electron chi connectivity index (χ2n) is 7.06. The molecule has 1 atom stereocenters. The Morgan fingerprint density at radius 3 is 1.77 bits per heavy atom. The number of hydrogen-bond donors (Lipinski definition) is 2. The van der Waals surface area contributed by atoms with Crippen molar-refractivity contribution in [2.24, 2.45) is 0 Å². The van der Waals surface area contributed by atoms with Crippen LogP contribution in [0.5, 0.6) is 5.75 Å². The zero-order valence-electron chi connectivity index (χ0n) is 17.2. The number of carbonyl (C=O) groups is 2. The molecular formula is C25H26N2O3. The molecule has 2 amide bonds. The maximum atomic E-state index is 13.0. The quantitative estimate of drug-likeness (QED) is 0.584. The number of rotatable bonds is 7. The minimum absolute atomic E-state index is 0.314. The Balaban J connectivity index is 1.68. The molecule has 0 aliphatic heterocycles. The zero-order chi connectivity index (χ0) is 21.3. The largest absolute Gasteiger partial charge is 0.481 e. The maximum Gasteiger partial charge on any atom is 0.279 e. The summed E-state index contributed by atoms with van der Waals surface area (Å²) in [6, 6.07) is 26.4. The van der Waals surface area contributed by atoms with Gasteiger partial charge in [-0.1, -0.05) is 85.3 Å². The molecule has 0 heterocycles. The van der Waals surface area contributed by atoms with Gasteiger partial charge < -0.3 is 4.74 Å². The molecule has 5 nitrogen and oxygen atoms in total. The van der Waals surface area contributed by atoms with Crippen LogP contribution in [0.3, 0.4) is 0 Å². The lowest BCUT2D eigenvalue weighted by Gasteiger charge is -2.21. The smallest absolute Gasteiger partial charge is 0.279 e. The van der Waals surface area contributed by atoms with E-state index in [0.29, 0.717) is 12.2 Å². The molecule has 0 fully saturated rings. The molecule has 0 aliphatic carbocycles. The van der Waals surface area contributed by atoms with Crippen LogP contribution in [0.2, 0.25) is 0 Å². The van der Waals surface area contributed by atoms with E-state index in [-0.39, 0.29) is 5.91 Å². The molecule has 0 aromatic heterocycles. The highest BCUT2D eigenvalue weighted by Gasteiger charge is 2.24. The normalized spacial score (nSPS) is 11.6. The SMILES string of the molecule is CCC(Oc1ccc(C)cc1)C(=O)NNC(=O)C(c1ccccc1)c1ccccc1. The minimum Gasteiger partial charge on any atom is -0.481 e. The summed E-state index contributed by atoms with van der Waals surface area (Å²) in [4.78, 5) is 25.6. The first-order valence-corrected chi connectivity index (χ1v) is 10.0. The first-order valence-electron chi connectivity index (χ1n) is 10.0. The third kappa shape index (κ3) is 5.47. The van der Waals surface area contributed by atoms with E-state index in [1.54, 1.807) is 0 Å². The molecular weight excluding hydrogens is 376 g/mol. The van der Waals surface area contributed by atoms with Gasteiger partial charge in [0, 0.05) is 0 Å². The Kier molecular flexibility index (Phi) is 7.22. The van der Waals surface area contributed by atoms with Crippen LogP contribution in [0.1, 0.15) is 36.0 Å². The molecule has 1 unspecified atom stereocenters. The molecule has 154 valence electrons. The third-order valence-electron chi connectivity index (χ3n) is 4.80. The highest BCUT2D eigenvalue weighted by Crippen LogP contribution is 2.24. The van der Waals surface area contributed by atoms with Gasteiger partial charge in [0.25, 0.3) is 5.91 Å². The van der Waals surface area contributed by atoms with Crippen LogP contribution in [0.4, 0.5) is 0 Å². The van der Waals surface area contributed by atoms with Crippen LogP contribution in [-0.4, -0.2) is 17.9 Å². The second-order valence-corrected chi connectivity index (χ2v) is 7.06. The van der Waals surface area contributed by atoms with Crippen LogP contribution >= 0.6 is 0 Å². The molecule has 0 radical (unpaired) electrons. The van der Waals surface area contributed by atoms with E-state index in [1.165, 1.54) is 0 Å². The lowest BCUT2D eigenvalue weighted by molar-refractivity contribution is -0.133. The number of hydrogen-bond acceptors (Lipinski definition) is 3. The van der Waals surface area contributed by atoms with E-state index in [9.17, 15) is 9.59 Å². The molecule has 0 saturated heterocycles. The van der Waals surface area contributed by atoms with Gasteiger partial charge in [-0.05, 0) is 36.6 Å². The predicted octanol–water partition coefficient (Wildman–Crippen LogP) is 4.13. The predicted molar refractivity (Wildman–Crippen MR) is 117 cm³/mol. The second kappa shape index (κ2) is 10.3. The Bertz CT molecular complexity index is 917. The number of amides is 2. The molecule has 0 saturated carbocycles. The molecule has 3 rings (SSSR count). The van der Waals surface area contributed by atoms with Crippen LogP contribution in [0.25, 0.3) is 0 Å². The van der Waals surface area contributed by atoms with Gasteiger partial charge >= 0.3 is 0 Å². The number of ether oxygens (including phenoxy) is 1. The number of hydrazine groups is 1. The molecule has 0 bridgehead atoms. The summed E-state index contributed by atoms with van der Waals surface area (Å²) in [5, 5.41) is 0. The Morgan fingerprint density at radius 1 is 0.767 bits per heavy atom. The Labute approximate surface area is 177 Å². The molecule has 2 N–H and O–H groups in total. The van der Waals surface area contributed by atoms with Gasteiger partial charge in [0.05, 0.1) is 5.92 Å². The standard InChI is InChI=1S/C25H26N2O3/c1-3-22(30-21-16-14-18(2)15-17-21)24(28)26-27-25(29)23(19-10-6-4-7-11-19)20-12-8-5-9-13-20/h4-17,22-23H,3H2,1-2H3,(H,26,28)(H,27,29). The van der Waals surface area contributed by atoms with E-state index >= 15 is 0 Å². The summed E-state index contributed by atoms with van der Waals surface area (Å²) in [5.41, 5.74) is 7.89. The van der Waals surface area contributed by atoms with Crippen molar-refractivity contribution in [2.45, 2.75) is 32.3 Å². The topological polar surface area (TPSA) is 67.4 Å². The van der Waals surface area contributed by atoms with Crippen molar-refractivity contribution in [1.82, 2.24) is 10.9 Å². The number of aryl methyl sites for hydroxylation is 1. The summed E-state index contributed by atoms with van der Waals surface area (Å²) in [5.74, 6) is -0.636. The van der Waals surface area contributed by atoms with E-state index < -0.39 is 17.9 Å². The molecule has 0 spiro atoms. The van der Waals surface area contributed by atoms with Crippen LogP contribution in [0.15, 0.2) is 84.9 Å². The zero-order valence-corrected chi connectivity index (χ0v) is 17.2. The van der Waals surface area contributed by atoms with E-state index in [2.05, 4.69) is 10.9 Å². The molecule has 5 heteroatoms. The average molecular weight is 402 g/mol. The number of carbonyl (C=O) groups excluding carboxylic acids is 2. The van der Waals surface area contributed by atoms with Crippen LogP contribution < -0.4 is 15.6 Å². The average Bonchev–Trinajstić information content (AvgIpc) is 2.78. The third-order valence-corrected chi connectivity index (χ3v) is 4.80. The van der Waals surface area contributed by atoms with Gasteiger partial charge in [-0.2, -0.15) is 0 Å². The van der Waals surface area contributed by atoms with Gasteiger partial charge in [-0.25, -0.2) is 0 Å². The fourth-order valence-electron chi connectivity index (χ4n) is 3.17. The van der Waals surface area contributed by atoms with E-state index in [4.69, 9.17) is 4.74 Å². The number of nitrogens with one attached hydrogen (secondary N) is 2. The summed E-state index contributed by atoms with van der Waals surface area (Å²) in [6.07, 6.45) is -0.240. The Hall–Kier alpha value is -3.60. The van der Waals surface area contributed by atoms with Crippen molar-refractivity contribution in [3.8, 4) is 5.75 Å². The molecule has 3 aromatic rings. The van der Waals surface area contributed by atoms with E-state index in [1.807, 2.05) is 98.8 Å². The van der Waals surface area contributed by atoms with Crippen molar-refractivity contribution in [1.29, 1.82) is 0 Å². The van der Waals surface area contributed by atoms with Gasteiger partial charge in [0.2, 0.25) is 5.91 Å². The van der Waals surface area contributed by atoms with Crippen molar-refractivity contribution in [3.63, 3.8) is 0 Å². The molecule has 3 aromatic carbocycles. The lowest BCUT2D eigenvalue weighted by Crippen LogP contribution is -2.49. The Morgan fingerprint density at radius 2 is 1.27 bits per heavy atom. The van der Waals surface area contributed by atoms with Gasteiger partial charge in [0.15, 0.2) is 6.10 Å². The monoisotopic (exact) mass is 402 g/mol. The van der Waals surface area contributed by atoms with Gasteiger partial charge in [-0.3, -0.25) is 20.4 Å². The van der Waals surface area contributed by atoms with E-state index in [0.717, 1.165) is 16.7 Å². The number of benzene rings is 3. The fourth-order valence-corrected chi connectivity index (χ4v) is 3.17. The minimum atomic E-state index is -0.708. The highest BCUT2D eigenvalue weighted by atomic mass is 16.5. The van der Waals surface area contributed by atoms with Crippen LogP contribution in [0, 0.1) is 6.92 Å². The van der Waals surface area contributed by atoms with Crippen molar-refractivity contribution in [3.05, 3.63) is 102 Å². The van der Waals surface area contributed by atoms with Crippen LogP contribution in [-0.2, 0) is 9.59 Å². The molecule has 30 heavy (non-hydrogen) atoms. The summed E-state index contributed by atoms with van der Waals surface area (Å²) >= 11 is 0. The summed E-state index contributed by atoms with van der Waals surface area (Å²) in [7, 11) is 0. The first-order chi connectivity index (χ1) is 14.6. The van der Waals surface area contributed by atoms with Crippen molar-refractivity contribution < 1.29 is 14.3 Å². The maximum absolute atomic E-state index is 13.0. The highest BCUT2D eigenvalue weighted by molar-refractivity contribution is 5.90. The lowest BCUT2D eigenvalue weighted by atomic mass is 9.91. The van der Waals surface area contributed by atoms with Crippen molar-refractivity contribution in [2.75, 3.05) is 0 Å². The fraction of sp³-hybridized carbons (Fsp3) is 0.200. The van der Waals surface area contributed by atoms with Gasteiger partial charge in [-0.15, -0.1) is 0 Å². The summed E-state index contributed by atoms with van der Waals surface area (Å²) < 4.78 is 5.78. The summed E-state index contributed by atoms with van der Waals surface area (Å²) in [6.45, 7) is 3.84.